The van der Waals surface area contributed by atoms with Gasteiger partial charge in [-0.25, -0.2) is 0 Å². The summed E-state index contributed by atoms with van der Waals surface area (Å²) in [5, 5.41) is 10.3. The van der Waals surface area contributed by atoms with Crippen LogP contribution in [-0.2, 0) is 6.54 Å². The topological polar surface area (TPSA) is 60.2 Å². The van der Waals surface area contributed by atoms with Crippen molar-refractivity contribution >= 4 is 11.9 Å². The van der Waals surface area contributed by atoms with E-state index >= 15 is 0 Å². The summed E-state index contributed by atoms with van der Waals surface area (Å²) in [4.78, 5) is 14.0. The standard InChI is InChI=1S/C21H23NO4/c1-4-22(5-2)13-17-18(23)10-9-16-20(24)19(26-21(16)17)12-14-7-6-8-15(11-14)25-3/h6-12,23H,4-5,13H2,1-3H3/p+1. The Labute approximate surface area is 153 Å². The van der Waals surface area contributed by atoms with Gasteiger partial charge in [-0.2, -0.15) is 0 Å². The zero-order valence-corrected chi connectivity index (χ0v) is 15.3. The molecule has 0 spiro atoms. The van der Waals surface area contributed by atoms with Crippen LogP contribution in [-0.4, -0.2) is 31.1 Å². The number of ether oxygens (including phenoxy) is 2. The number of Topliss-reactive ketones (excluding diaryl/α,β-unsaturated/α-hetero) is 1. The summed E-state index contributed by atoms with van der Waals surface area (Å²) >= 11 is 0. The van der Waals surface area contributed by atoms with Gasteiger partial charge in [-0.1, -0.05) is 12.1 Å². The normalized spacial score (nSPS) is 14.6. The lowest BCUT2D eigenvalue weighted by molar-refractivity contribution is -0.910. The minimum atomic E-state index is -0.168. The Balaban J connectivity index is 1.96. The van der Waals surface area contributed by atoms with Crippen LogP contribution in [0.1, 0.15) is 35.3 Å². The summed E-state index contributed by atoms with van der Waals surface area (Å²) in [6, 6.07) is 10.6. The van der Waals surface area contributed by atoms with Crippen LogP contribution in [0.3, 0.4) is 0 Å². The van der Waals surface area contributed by atoms with Gasteiger partial charge in [-0.15, -0.1) is 0 Å². The van der Waals surface area contributed by atoms with Crippen LogP contribution in [0.2, 0.25) is 0 Å². The van der Waals surface area contributed by atoms with E-state index in [2.05, 4.69) is 13.8 Å². The summed E-state index contributed by atoms with van der Waals surface area (Å²) in [5.74, 6) is 1.45. The summed E-state index contributed by atoms with van der Waals surface area (Å²) in [7, 11) is 1.60. The van der Waals surface area contributed by atoms with E-state index in [-0.39, 0.29) is 17.3 Å². The van der Waals surface area contributed by atoms with Crippen molar-refractivity contribution in [1.29, 1.82) is 0 Å². The number of phenols is 1. The molecule has 0 saturated carbocycles. The lowest BCUT2D eigenvalue weighted by Gasteiger charge is -2.17. The molecule has 26 heavy (non-hydrogen) atoms. The van der Waals surface area contributed by atoms with Crippen molar-refractivity contribution in [3.8, 4) is 17.2 Å². The maximum absolute atomic E-state index is 12.7. The summed E-state index contributed by atoms with van der Waals surface area (Å²) < 4.78 is 11.1. The Morgan fingerprint density at radius 3 is 2.65 bits per heavy atom. The average molecular weight is 354 g/mol. The molecule has 0 bridgehead atoms. The number of allylic oxidation sites excluding steroid dienone is 1. The highest BCUT2D eigenvalue weighted by atomic mass is 16.5. The number of carbonyl (C=O) groups excluding carboxylic acids is 1. The van der Waals surface area contributed by atoms with Crippen LogP contribution in [0.5, 0.6) is 17.2 Å². The Kier molecular flexibility index (Phi) is 5.28. The first-order chi connectivity index (χ1) is 12.6. The molecule has 0 unspecified atom stereocenters. The predicted molar refractivity (Wildman–Crippen MR) is 99.8 cm³/mol. The molecule has 0 atom stereocenters. The van der Waals surface area contributed by atoms with Gasteiger partial charge in [0.05, 0.1) is 31.3 Å². The summed E-state index contributed by atoms with van der Waals surface area (Å²) in [6.45, 7) is 6.67. The predicted octanol–water partition coefficient (Wildman–Crippen LogP) is 2.44. The smallest absolute Gasteiger partial charge is 0.231 e. The van der Waals surface area contributed by atoms with Crippen molar-refractivity contribution in [2.24, 2.45) is 0 Å². The van der Waals surface area contributed by atoms with Crippen LogP contribution in [0, 0.1) is 0 Å². The number of hydrogen-bond donors (Lipinski definition) is 2. The van der Waals surface area contributed by atoms with Gasteiger partial charge in [0.15, 0.2) is 11.5 Å². The minimum Gasteiger partial charge on any atom is -0.507 e. The van der Waals surface area contributed by atoms with E-state index in [1.807, 2.05) is 24.3 Å². The minimum absolute atomic E-state index is 0.165. The second-order valence-electron chi connectivity index (χ2n) is 6.29. The molecule has 5 heteroatoms. The third kappa shape index (κ3) is 3.44. The Hall–Kier alpha value is -2.79. The van der Waals surface area contributed by atoms with E-state index < -0.39 is 0 Å². The number of fused-ring (bicyclic) bond motifs is 1. The summed E-state index contributed by atoms with van der Waals surface area (Å²) in [6.07, 6.45) is 1.70. The molecule has 2 aromatic rings. The molecule has 1 aliphatic heterocycles. The fraction of sp³-hybridized carbons (Fsp3) is 0.286. The van der Waals surface area contributed by atoms with Gasteiger partial charge in [-0.3, -0.25) is 4.79 Å². The zero-order valence-electron chi connectivity index (χ0n) is 15.3. The number of quaternary nitrogens is 1. The van der Waals surface area contributed by atoms with Crippen LogP contribution < -0.4 is 14.4 Å². The zero-order chi connectivity index (χ0) is 18.7. The number of aromatic hydroxyl groups is 1. The number of rotatable bonds is 6. The highest BCUT2D eigenvalue weighted by molar-refractivity contribution is 6.15. The van der Waals surface area contributed by atoms with E-state index in [0.717, 1.165) is 18.7 Å². The van der Waals surface area contributed by atoms with Crippen molar-refractivity contribution in [1.82, 2.24) is 0 Å². The first-order valence-corrected chi connectivity index (χ1v) is 8.84. The van der Waals surface area contributed by atoms with Crippen LogP contribution in [0.15, 0.2) is 42.2 Å². The molecule has 0 saturated heterocycles. The van der Waals surface area contributed by atoms with Crippen LogP contribution in [0.4, 0.5) is 0 Å². The van der Waals surface area contributed by atoms with Gasteiger partial charge in [0, 0.05) is 0 Å². The number of ketones is 1. The molecular weight excluding hydrogens is 330 g/mol. The third-order valence-electron chi connectivity index (χ3n) is 4.73. The Morgan fingerprint density at radius 2 is 1.96 bits per heavy atom. The summed E-state index contributed by atoms with van der Waals surface area (Å²) in [5.41, 5.74) is 2.00. The molecule has 1 aliphatic rings. The van der Waals surface area contributed by atoms with E-state index in [1.54, 1.807) is 25.3 Å². The maximum atomic E-state index is 12.7. The molecule has 0 amide bonds. The highest BCUT2D eigenvalue weighted by Gasteiger charge is 2.32. The molecule has 5 nitrogen and oxygen atoms in total. The number of benzene rings is 2. The molecule has 0 aromatic heterocycles. The Morgan fingerprint density at radius 1 is 1.19 bits per heavy atom. The molecule has 2 aromatic carbocycles. The van der Waals surface area contributed by atoms with E-state index in [9.17, 15) is 9.90 Å². The number of nitrogens with one attached hydrogen (secondary N) is 1. The maximum Gasteiger partial charge on any atom is 0.231 e. The number of phenolic OH excluding ortho intramolecular Hbond substituents is 1. The van der Waals surface area contributed by atoms with Crippen molar-refractivity contribution in [3.63, 3.8) is 0 Å². The lowest BCUT2D eigenvalue weighted by Crippen LogP contribution is -3.10. The molecule has 0 radical (unpaired) electrons. The first-order valence-electron chi connectivity index (χ1n) is 8.84. The largest absolute Gasteiger partial charge is 0.507 e. The van der Waals surface area contributed by atoms with Crippen molar-refractivity contribution in [3.05, 3.63) is 58.8 Å². The van der Waals surface area contributed by atoms with Crippen molar-refractivity contribution in [2.45, 2.75) is 20.4 Å². The fourth-order valence-electron chi connectivity index (χ4n) is 3.10. The molecule has 0 fully saturated rings. The van der Waals surface area contributed by atoms with Crippen LogP contribution in [0.25, 0.3) is 6.08 Å². The van der Waals surface area contributed by atoms with Gasteiger partial charge < -0.3 is 19.5 Å². The third-order valence-corrected chi connectivity index (χ3v) is 4.73. The van der Waals surface area contributed by atoms with Crippen LogP contribution >= 0.6 is 0 Å². The quantitative estimate of drug-likeness (QED) is 0.783. The van der Waals surface area contributed by atoms with Gasteiger partial charge >= 0.3 is 0 Å². The highest BCUT2D eigenvalue weighted by Crippen LogP contribution is 2.39. The lowest BCUT2D eigenvalue weighted by atomic mass is 10.0. The second kappa shape index (κ2) is 7.62. The van der Waals surface area contributed by atoms with E-state index in [4.69, 9.17) is 9.47 Å². The van der Waals surface area contributed by atoms with Gasteiger partial charge in [0.2, 0.25) is 5.78 Å². The fourth-order valence-corrected chi connectivity index (χ4v) is 3.10. The van der Waals surface area contributed by atoms with Gasteiger partial charge in [0.1, 0.15) is 18.0 Å². The molecule has 0 aliphatic carbocycles. The molecule has 136 valence electrons. The SMILES string of the molecule is CC[NH+](CC)Cc1c(O)ccc2c1OC(=Cc1cccc(OC)c1)C2=O. The first kappa shape index (κ1) is 18.0. The van der Waals surface area contributed by atoms with Gasteiger partial charge in [-0.05, 0) is 49.8 Å². The van der Waals surface area contributed by atoms with Gasteiger partial charge in [0.25, 0.3) is 0 Å². The van der Waals surface area contributed by atoms with E-state index in [1.165, 1.54) is 4.90 Å². The number of methoxy groups -OCH3 is 1. The van der Waals surface area contributed by atoms with Crippen molar-refractivity contribution in [2.75, 3.05) is 20.2 Å². The molecule has 3 rings (SSSR count). The molecule has 1 heterocycles. The molecular formula is C21H24NO4+. The second-order valence-corrected chi connectivity index (χ2v) is 6.29. The van der Waals surface area contributed by atoms with E-state index in [0.29, 0.717) is 29.2 Å². The average Bonchev–Trinajstić information content (AvgIpc) is 2.97. The Bertz CT molecular complexity index is 853. The number of hydrogen-bond acceptors (Lipinski definition) is 4. The number of carbonyl (C=O) groups is 1. The monoisotopic (exact) mass is 354 g/mol. The van der Waals surface area contributed by atoms with Crippen molar-refractivity contribution < 1.29 is 24.3 Å². The molecule has 2 N–H and O–H groups in total.